The number of nitrogens with one attached hydrogen (secondary N) is 2. The lowest BCUT2D eigenvalue weighted by Crippen LogP contribution is -2.50. The molecule has 138 valence electrons. The van der Waals surface area contributed by atoms with E-state index in [1.807, 2.05) is 30.3 Å². The van der Waals surface area contributed by atoms with E-state index >= 15 is 0 Å². The van der Waals surface area contributed by atoms with Gasteiger partial charge >= 0.3 is 0 Å². The molecule has 1 saturated heterocycles. The molecule has 1 fully saturated rings. The first-order chi connectivity index (χ1) is 12.6. The molecular formula is C21H27N3O2. The predicted molar refractivity (Wildman–Crippen MR) is 105 cm³/mol. The van der Waals surface area contributed by atoms with Gasteiger partial charge in [0.05, 0.1) is 13.2 Å². The zero-order valence-corrected chi connectivity index (χ0v) is 15.7. The molecule has 1 aliphatic rings. The first-order valence-corrected chi connectivity index (χ1v) is 8.93. The van der Waals surface area contributed by atoms with Gasteiger partial charge in [-0.1, -0.05) is 37.3 Å². The van der Waals surface area contributed by atoms with Crippen molar-refractivity contribution >= 4 is 5.96 Å². The van der Waals surface area contributed by atoms with Gasteiger partial charge in [0.1, 0.15) is 11.5 Å². The number of guanidine groups is 1. The third kappa shape index (κ3) is 4.76. The lowest BCUT2D eigenvalue weighted by atomic mass is 9.89. The number of rotatable bonds is 6. The molecule has 0 saturated carbocycles. The second-order valence-corrected chi connectivity index (χ2v) is 7.11. The smallest absolute Gasteiger partial charge is 0.191 e. The summed E-state index contributed by atoms with van der Waals surface area (Å²) in [6, 6.07) is 16.1. The van der Waals surface area contributed by atoms with E-state index in [2.05, 4.69) is 47.7 Å². The maximum atomic E-state index is 6.08. The highest BCUT2D eigenvalue weighted by atomic mass is 16.5. The Kier molecular flexibility index (Phi) is 5.78. The monoisotopic (exact) mass is 353 g/mol. The van der Waals surface area contributed by atoms with Crippen LogP contribution in [-0.4, -0.2) is 32.8 Å². The largest absolute Gasteiger partial charge is 0.457 e. The van der Waals surface area contributed by atoms with E-state index in [4.69, 9.17) is 9.47 Å². The summed E-state index contributed by atoms with van der Waals surface area (Å²) in [4.78, 5) is 4.31. The van der Waals surface area contributed by atoms with Crippen LogP contribution in [0.3, 0.4) is 0 Å². The highest BCUT2D eigenvalue weighted by Gasteiger charge is 2.33. The molecule has 0 spiro atoms. The molecule has 0 atom stereocenters. The number of aliphatic imine (C=N–C) groups is 1. The van der Waals surface area contributed by atoms with Gasteiger partial charge in [-0.25, -0.2) is 0 Å². The summed E-state index contributed by atoms with van der Waals surface area (Å²) < 4.78 is 11.4. The minimum absolute atomic E-state index is 0.197. The van der Waals surface area contributed by atoms with E-state index < -0.39 is 0 Å². The second-order valence-electron chi connectivity index (χ2n) is 7.11. The van der Waals surface area contributed by atoms with Crippen LogP contribution < -0.4 is 15.4 Å². The minimum atomic E-state index is 0.197. The average Bonchev–Trinajstić information content (AvgIpc) is 2.62. The van der Waals surface area contributed by atoms with Crippen LogP contribution in [0.5, 0.6) is 11.5 Å². The number of aryl methyl sites for hydroxylation is 1. The van der Waals surface area contributed by atoms with Gasteiger partial charge in [-0.05, 0) is 30.7 Å². The first kappa shape index (κ1) is 18.3. The number of ether oxygens (including phenoxy) is 2. The summed E-state index contributed by atoms with van der Waals surface area (Å²) in [5, 5.41) is 6.75. The van der Waals surface area contributed by atoms with Crippen molar-refractivity contribution in [3.05, 3.63) is 59.7 Å². The Balaban J connectivity index is 1.63. The van der Waals surface area contributed by atoms with Gasteiger partial charge in [0, 0.05) is 31.1 Å². The van der Waals surface area contributed by atoms with E-state index in [1.165, 1.54) is 5.56 Å². The maximum absolute atomic E-state index is 6.08. The molecule has 1 heterocycles. The van der Waals surface area contributed by atoms with Crippen molar-refractivity contribution in [1.29, 1.82) is 0 Å². The Labute approximate surface area is 155 Å². The molecule has 2 aromatic rings. The van der Waals surface area contributed by atoms with Crippen molar-refractivity contribution in [2.24, 2.45) is 10.4 Å². The van der Waals surface area contributed by atoms with Gasteiger partial charge in [0.2, 0.25) is 0 Å². The van der Waals surface area contributed by atoms with Crippen LogP contribution in [0.1, 0.15) is 18.1 Å². The Morgan fingerprint density at radius 3 is 2.58 bits per heavy atom. The molecule has 0 amide bonds. The second kappa shape index (κ2) is 8.23. The first-order valence-electron chi connectivity index (χ1n) is 8.93. The van der Waals surface area contributed by atoms with Gasteiger partial charge in [0.15, 0.2) is 5.96 Å². The van der Waals surface area contributed by atoms with Crippen LogP contribution >= 0.6 is 0 Å². The molecule has 2 N–H and O–H groups in total. The number of para-hydroxylation sites is 1. The Hall–Kier alpha value is -2.53. The van der Waals surface area contributed by atoms with Crippen molar-refractivity contribution in [2.75, 3.05) is 26.8 Å². The third-order valence-electron chi connectivity index (χ3n) is 4.45. The molecule has 0 radical (unpaired) electrons. The molecule has 3 rings (SSSR count). The summed E-state index contributed by atoms with van der Waals surface area (Å²) in [5.74, 6) is 2.47. The Bertz CT molecular complexity index is 755. The normalized spacial score (nSPS) is 15.9. The SMILES string of the molecule is CN=C(NCc1ccc(C)cc1Oc1ccccc1)NCC1(C)COC1. The number of benzene rings is 2. The van der Waals surface area contributed by atoms with Crippen LogP contribution in [0.25, 0.3) is 0 Å². The molecular weight excluding hydrogens is 326 g/mol. The summed E-state index contributed by atoms with van der Waals surface area (Å²) in [6.45, 7) is 7.34. The van der Waals surface area contributed by atoms with Gasteiger partial charge in [0.25, 0.3) is 0 Å². The van der Waals surface area contributed by atoms with Crippen LogP contribution in [-0.2, 0) is 11.3 Å². The summed E-state index contributed by atoms with van der Waals surface area (Å²) in [5.41, 5.74) is 2.45. The molecule has 26 heavy (non-hydrogen) atoms. The van der Waals surface area contributed by atoms with Gasteiger partial charge in [-0.2, -0.15) is 0 Å². The van der Waals surface area contributed by atoms with Crippen LogP contribution in [0, 0.1) is 12.3 Å². The predicted octanol–water partition coefficient (Wildman–Crippen LogP) is 3.49. The van der Waals surface area contributed by atoms with Gasteiger partial charge in [-0.15, -0.1) is 0 Å². The molecule has 0 aromatic heterocycles. The molecule has 0 unspecified atom stereocenters. The molecule has 5 nitrogen and oxygen atoms in total. The summed E-state index contributed by atoms with van der Waals surface area (Å²) in [6.07, 6.45) is 0. The zero-order chi connectivity index (χ0) is 18.4. The molecule has 0 bridgehead atoms. The van der Waals surface area contributed by atoms with Crippen molar-refractivity contribution < 1.29 is 9.47 Å². The van der Waals surface area contributed by atoms with Gasteiger partial charge in [-0.3, -0.25) is 4.99 Å². The fourth-order valence-electron chi connectivity index (χ4n) is 2.77. The quantitative estimate of drug-likeness (QED) is 0.617. The van der Waals surface area contributed by atoms with Gasteiger partial charge < -0.3 is 20.1 Å². The van der Waals surface area contributed by atoms with E-state index in [0.717, 1.165) is 42.8 Å². The van der Waals surface area contributed by atoms with Crippen molar-refractivity contribution in [3.63, 3.8) is 0 Å². The van der Waals surface area contributed by atoms with Crippen LogP contribution in [0.15, 0.2) is 53.5 Å². The maximum Gasteiger partial charge on any atom is 0.191 e. The molecule has 5 heteroatoms. The Morgan fingerprint density at radius 1 is 1.15 bits per heavy atom. The van der Waals surface area contributed by atoms with E-state index in [9.17, 15) is 0 Å². The number of nitrogens with zero attached hydrogens (tertiary/aromatic N) is 1. The lowest BCUT2D eigenvalue weighted by Gasteiger charge is -2.38. The molecule has 1 aliphatic heterocycles. The average molecular weight is 353 g/mol. The fraction of sp³-hybridized carbons (Fsp3) is 0.381. The Morgan fingerprint density at radius 2 is 1.92 bits per heavy atom. The van der Waals surface area contributed by atoms with Crippen molar-refractivity contribution in [1.82, 2.24) is 10.6 Å². The lowest BCUT2D eigenvalue weighted by molar-refractivity contribution is -0.0971. The van der Waals surface area contributed by atoms with E-state index in [-0.39, 0.29) is 5.41 Å². The number of hydrogen-bond acceptors (Lipinski definition) is 3. The standard InChI is InChI=1S/C21H27N3O2/c1-16-9-10-17(19(11-16)26-18-7-5-4-6-8-18)12-23-20(22-3)24-13-21(2)14-25-15-21/h4-11H,12-15H2,1-3H3,(H2,22,23,24). The molecule has 0 aliphatic carbocycles. The van der Waals surface area contributed by atoms with Crippen molar-refractivity contribution in [2.45, 2.75) is 20.4 Å². The summed E-state index contributed by atoms with van der Waals surface area (Å²) >= 11 is 0. The topological polar surface area (TPSA) is 54.9 Å². The van der Waals surface area contributed by atoms with Crippen LogP contribution in [0.4, 0.5) is 0 Å². The number of hydrogen-bond donors (Lipinski definition) is 2. The zero-order valence-electron chi connectivity index (χ0n) is 15.7. The molecule has 2 aromatic carbocycles. The minimum Gasteiger partial charge on any atom is -0.457 e. The highest BCUT2D eigenvalue weighted by molar-refractivity contribution is 5.79. The highest BCUT2D eigenvalue weighted by Crippen LogP contribution is 2.27. The van der Waals surface area contributed by atoms with Crippen LogP contribution in [0.2, 0.25) is 0 Å². The van der Waals surface area contributed by atoms with E-state index in [1.54, 1.807) is 7.05 Å². The fourth-order valence-corrected chi connectivity index (χ4v) is 2.77. The summed E-state index contributed by atoms with van der Waals surface area (Å²) in [7, 11) is 1.78. The third-order valence-corrected chi connectivity index (χ3v) is 4.45. The van der Waals surface area contributed by atoms with Crippen molar-refractivity contribution in [3.8, 4) is 11.5 Å². The van der Waals surface area contributed by atoms with E-state index in [0.29, 0.717) is 6.54 Å².